The Labute approximate surface area is 97.4 Å². The Morgan fingerprint density at radius 1 is 0.923 bits per heavy atom. The zero-order chi connectivity index (χ0) is 9.31. The number of rotatable bonds is 0. The van der Waals surface area contributed by atoms with Gasteiger partial charge in [0.2, 0.25) is 0 Å². The van der Waals surface area contributed by atoms with E-state index in [1.54, 1.807) is 0 Å². The van der Waals surface area contributed by atoms with Crippen LogP contribution < -0.4 is 0 Å². The summed E-state index contributed by atoms with van der Waals surface area (Å²) in [4.78, 5) is 0. The summed E-state index contributed by atoms with van der Waals surface area (Å²) in [6.07, 6.45) is 12.8. The van der Waals surface area contributed by atoms with Gasteiger partial charge in [0.25, 0.3) is 0 Å². The van der Waals surface area contributed by atoms with Crippen LogP contribution >= 0.6 is 31.9 Å². The third kappa shape index (κ3) is 2.20. The number of halogens is 2. The van der Waals surface area contributed by atoms with Crippen LogP contribution in [0.5, 0.6) is 0 Å². The summed E-state index contributed by atoms with van der Waals surface area (Å²) in [7, 11) is 0. The first-order chi connectivity index (χ1) is 6.23. The molecule has 0 unspecified atom stereocenters. The minimum absolute atomic E-state index is 0.304. The Bertz CT molecular complexity index is 208. The number of allylic oxidation sites excluding steroid dienone is 2. The lowest BCUT2D eigenvalue weighted by atomic mass is 10.1. The summed E-state index contributed by atoms with van der Waals surface area (Å²) in [6.45, 7) is 0. The smallest absolute Gasteiger partial charge is 0.0868 e. The Morgan fingerprint density at radius 2 is 1.62 bits per heavy atom. The first-order valence-electron chi connectivity index (χ1n) is 5.25. The average Bonchev–Trinajstić information content (AvgIpc) is 2.63. The fourth-order valence-corrected chi connectivity index (χ4v) is 4.31. The van der Waals surface area contributed by atoms with Crippen LogP contribution in [-0.4, -0.2) is 3.23 Å². The van der Waals surface area contributed by atoms with Crippen LogP contribution in [-0.2, 0) is 0 Å². The lowest BCUT2D eigenvalue weighted by Crippen LogP contribution is -1.88. The first kappa shape index (κ1) is 10.2. The van der Waals surface area contributed by atoms with Crippen LogP contribution in [0, 0.1) is 11.8 Å². The van der Waals surface area contributed by atoms with Crippen molar-refractivity contribution in [2.75, 3.05) is 0 Å². The van der Waals surface area contributed by atoms with Gasteiger partial charge in [-0.15, -0.1) is 0 Å². The standard InChI is InChI=1S/C11H16Br2/c12-11(13)9-7-5-3-1-2-4-6-8-10(9)11/h1,3,9-10H,2,4-8H2/b3-1-/t9-,10+/m0/s1. The molecule has 0 nitrogen and oxygen atoms in total. The van der Waals surface area contributed by atoms with Gasteiger partial charge in [0.05, 0.1) is 3.23 Å². The maximum Gasteiger partial charge on any atom is 0.0868 e. The number of hydrogen-bond acceptors (Lipinski definition) is 0. The molecule has 0 amide bonds. The molecule has 0 aromatic carbocycles. The molecular formula is C11H16Br2. The second-order valence-electron chi connectivity index (χ2n) is 4.22. The van der Waals surface area contributed by atoms with E-state index >= 15 is 0 Å². The normalized spacial score (nSPS) is 40.5. The second-order valence-corrected chi connectivity index (χ2v) is 7.91. The molecule has 74 valence electrons. The largest absolute Gasteiger partial charge is 0.0885 e. The summed E-state index contributed by atoms with van der Waals surface area (Å²) in [5, 5.41) is 0. The maximum atomic E-state index is 3.79. The van der Waals surface area contributed by atoms with Crippen LogP contribution in [0.4, 0.5) is 0 Å². The molecule has 2 aliphatic carbocycles. The summed E-state index contributed by atoms with van der Waals surface area (Å²) >= 11 is 7.58. The van der Waals surface area contributed by atoms with Crippen LogP contribution in [0.2, 0.25) is 0 Å². The third-order valence-electron chi connectivity index (χ3n) is 3.31. The van der Waals surface area contributed by atoms with Crippen molar-refractivity contribution in [3.8, 4) is 0 Å². The minimum atomic E-state index is 0.304. The molecule has 0 bridgehead atoms. The Morgan fingerprint density at radius 3 is 2.46 bits per heavy atom. The van der Waals surface area contributed by atoms with Crippen LogP contribution in [0.15, 0.2) is 12.2 Å². The highest BCUT2D eigenvalue weighted by molar-refractivity contribution is 9.25. The van der Waals surface area contributed by atoms with Gasteiger partial charge < -0.3 is 0 Å². The van der Waals surface area contributed by atoms with Crippen LogP contribution in [0.25, 0.3) is 0 Å². The van der Waals surface area contributed by atoms with Crippen molar-refractivity contribution >= 4 is 31.9 Å². The molecule has 0 N–H and O–H groups in total. The zero-order valence-corrected chi connectivity index (χ0v) is 11.0. The van der Waals surface area contributed by atoms with Gasteiger partial charge in [0.15, 0.2) is 0 Å². The molecule has 1 fully saturated rings. The average molecular weight is 308 g/mol. The van der Waals surface area contributed by atoms with Crippen molar-refractivity contribution in [2.24, 2.45) is 11.8 Å². The van der Waals surface area contributed by atoms with E-state index in [0.29, 0.717) is 3.23 Å². The van der Waals surface area contributed by atoms with Gasteiger partial charge in [0, 0.05) is 0 Å². The van der Waals surface area contributed by atoms with E-state index in [-0.39, 0.29) is 0 Å². The van der Waals surface area contributed by atoms with Crippen molar-refractivity contribution < 1.29 is 0 Å². The van der Waals surface area contributed by atoms with Gasteiger partial charge in [-0.25, -0.2) is 0 Å². The van der Waals surface area contributed by atoms with E-state index in [1.807, 2.05) is 0 Å². The molecule has 1 saturated carbocycles. The van der Waals surface area contributed by atoms with Gasteiger partial charge in [-0.05, 0) is 43.9 Å². The minimum Gasteiger partial charge on any atom is -0.0885 e. The Kier molecular flexibility index (Phi) is 3.19. The van der Waals surface area contributed by atoms with E-state index in [1.165, 1.54) is 38.5 Å². The molecule has 2 atom stereocenters. The highest BCUT2D eigenvalue weighted by Crippen LogP contribution is 2.65. The van der Waals surface area contributed by atoms with E-state index in [4.69, 9.17) is 0 Å². The van der Waals surface area contributed by atoms with E-state index in [0.717, 1.165) is 11.8 Å². The van der Waals surface area contributed by atoms with Gasteiger partial charge in [-0.3, -0.25) is 0 Å². The van der Waals surface area contributed by atoms with Crippen LogP contribution in [0.1, 0.15) is 38.5 Å². The fourth-order valence-electron chi connectivity index (χ4n) is 2.39. The molecule has 2 aliphatic rings. The summed E-state index contributed by atoms with van der Waals surface area (Å²) < 4.78 is 0.304. The topological polar surface area (TPSA) is 0 Å². The molecule has 13 heavy (non-hydrogen) atoms. The van der Waals surface area contributed by atoms with E-state index in [9.17, 15) is 0 Å². The van der Waals surface area contributed by atoms with Gasteiger partial charge >= 0.3 is 0 Å². The predicted molar refractivity (Wildman–Crippen MR) is 64.4 cm³/mol. The number of hydrogen-bond donors (Lipinski definition) is 0. The molecule has 0 saturated heterocycles. The molecule has 0 aliphatic heterocycles. The van der Waals surface area contributed by atoms with Crippen molar-refractivity contribution in [1.82, 2.24) is 0 Å². The predicted octanol–water partition coefficient (Wildman–Crippen LogP) is 4.63. The van der Waals surface area contributed by atoms with E-state index in [2.05, 4.69) is 44.0 Å². The summed E-state index contributed by atoms with van der Waals surface area (Å²) in [6, 6.07) is 0. The van der Waals surface area contributed by atoms with Crippen molar-refractivity contribution in [3.63, 3.8) is 0 Å². The molecule has 0 spiro atoms. The van der Waals surface area contributed by atoms with Gasteiger partial charge in [-0.2, -0.15) is 0 Å². The molecule has 0 aromatic heterocycles. The maximum absolute atomic E-state index is 3.79. The summed E-state index contributed by atoms with van der Waals surface area (Å²) in [5.41, 5.74) is 0. The molecule has 2 heteroatoms. The SMILES string of the molecule is BrC1(Br)[C@@H]2CCCC/C=C\CC[C@@H]21. The quantitative estimate of drug-likeness (QED) is 0.452. The van der Waals surface area contributed by atoms with Crippen molar-refractivity contribution in [2.45, 2.75) is 41.8 Å². The zero-order valence-electron chi connectivity index (χ0n) is 7.81. The van der Waals surface area contributed by atoms with Crippen molar-refractivity contribution in [1.29, 1.82) is 0 Å². The summed E-state index contributed by atoms with van der Waals surface area (Å²) in [5.74, 6) is 1.76. The highest BCUT2D eigenvalue weighted by Gasteiger charge is 2.59. The first-order valence-corrected chi connectivity index (χ1v) is 6.84. The lowest BCUT2D eigenvalue weighted by Gasteiger charge is -2.00. The third-order valence-corrected chi connectivity index (χ3v) is 5.66. The van der Waals surface area contributed by atoms with Gasteiger partial charge in [0.1, 0.15) is 0 Å². The molecular weight excluding hydrogens is 292 g/mol. The van der Waals surface area contributed by atoms with Gasteiger partial charge in [-0.1, -0.05) is 50.4 Å². The Hall–Kier alpha value is 0.700. The molecule has 0 aromatic rings. The fraction of sp³-hybridized carbons (Fsp3) is 0.818. The molecule has 0 heterocycles. The number of alkyl halides is 2. The molecule has 0 radical (unpaired) electrons. The monoisotopic (exact) mass is 306 g/mol. The van der Waals surface area contributed by atoms with Crippen LogP contribution in [0.3, 0.4) is 0 Å². The highest BCUT2D eigenvalue weighted by atomic mass is 79.9. The Balaban J connectivity index is 1.93. The lowest BCUT2D eigenvalue weighted by molar-refractivity contribution is 0.566. The number of fused-ring (bicyclic) bond motifs is 1. The van der Waals surface area contributed by atoms with E-state index < -0.39 is 0 Å². The molecule has 2 rings (SSSR count). The van der Waals surface area contributed by atoms with Crippen molar-refractivity contribution in [3.05, 3.63) is 12.2 Å². The second kappa shape index (κ2) is 4.06.